The Hall–Kier alpha value is -7.62. The molecule has 2 aromatic heterocycles. The molecule has 0 bridgehead atoms. The average Bonchev–Trinajstić information content (AvgIpc) is 3.85. The van der Waals surface area contributed by atoms with Crippen LogP contribution in [0.1, 0.15) is 0 Å². The van der Waals surface area contributed by atoms with Crippen molar-refractivity contribution in [2.45, 2.75) is 0 Å². The summed E-state index contributed by atoms with van der Waals surface area (Å²) in [5.74, 6) is 0. The number of furan rings is 2. The third kappa shape index (κ3) is 4.92. The number of nitrogens with zero attached hydrogens (tertiary/aromatic N) is 1. The summed E-state index contributed by atoms with van der Waals surface area (Å²) in [6.45, 7) is 0. The van der Waals surface area contributed by atoms with E-state index >= 15 is 0 Å². The van der Waals surface area contributed by atoms with Gasteiger partial charge in [-0.05, 0) is 122 Å². The second-order valence-electron chi connectivity index (χ2n) is 14.8. The van der Waals surface area contributed by atoms with Gasteiger partial charge in [0.15, 0.2) is 0 Å². The molecular formula is C54H33NO2. The lowest BCUT2D eigenvalue weighted by Gasteiger charge is -2.25. The summed E-state index contributed by atoms with van der Waals surface area (Å²) in [6, 6.07) is 71.4. The number of hydrogen-bond donors (Lipinski definition) is 0. The van der Waals surface area contributed by atoms with Crippen LogP contribution in [0.5, 0.6) is 0 Å². The molecule has 0 unspecified atom stereocenters. The van der Waals surface area contributed by atoms with Crippen LogP contribution < -0.4 is 4.90 Å². The minimum atomic E-state index is 0.844. The molecule has 0 saturated carbocycles. The van der Waals surface area contributed by atoms with Crippen LogP contribution in [0.25, 0.3) is 98.4 Å². The highest BCUT2D eigenvalue weighted by Gasteiger charge is 2.21. The van der Waals surface area contributed by atoms with Gasteiger partial charge in [0.25, 0.3) is 0 Å². The van der Waals surface area contributed by atoms with E-state index < -0.39 is 0 Å². The van der Waals surface area contributed by atoms with Gasteiger partial charge < -0.3 is 13.7 Å². The maximum atomic E-state index is 6.93. The van der Waals surface area contributed by atoms with E-state index in [-0.39, 0.29) is 0 Å². The lowest BCUT2D eigenvalue weighted by molar-refractivity contribution is 0.663. The maximum absolute atomic E-state index is 6.93. The molecule has 0 N–H and O–H groups in total. The predicted octanol–water partition coefficient (Wildman–Crippen LogP) is 15.7. The summed E-state index contributed by atoms with van der Waals surface area (Å²) < 4.78 is 13.3. The van der Waals surface area contributed by atoms with Crippen molar-refractivity contribution < 1.29 is 8.83 Å². The SMILES string of the molecule is c1ccc(N(c2ccccc2)c2ccc(-c3cc(-c4ccc5c6ccccc6c6ccccc6c5c4)c4oc5ccc6oc7ccccc7c6c5c4c3)cc2)cc1. The Kier molecular flexibility index (Phi) is 6.93. The van der Waals surface area contributed by atoms with Gasteiger partial charge in [0.2, 0.25) is 0 Å². The summed E-state index contributed by atoms with van der Waals surface area (Å²) in [6.07, 6.45) is 0. The summed E-state index contributed by atoms with van der Waals surface area (Å²) in [7, 11) is 0. The first-order valence-electron chi connectivity index (χ1n) is 19.4. The highest BCUT2D eigenvalue weighted by molar-refractivity contribution is 6.28. The van der Waals surface area contributed by atoms with Crippen molar-refractivity contribution in [1.29, 1.82) is 0 Å². The van der Waals surface area contributed by atoms with Crippen LogP contribution in [0, 0.1) is 0 Å². The Morgan fingerprint density at radius 3 is 1.40 bits per heavy atom. The first kappa shape index (κ1) is 31.7. The molecule has 12 rings (SSSR count). The third-order valence-corrected chi connectivity index (χ3v) is 11.6. The van der Waals surface area contributed by atoms with Crippen molar-refractivity contribution in [3.63, 3.8) is 0 Å². The van der Waals surface area contributed by atoms with Gasteiger partial charge in [0.05, 0.1) is 0 Å². The fourth-order valence-electron chi connectivity index (χ4n) is 9.05. The molecular weight excluding hydrogens is 695 g/mol. The van der Waals surface area contributed by atoms with Gasteiger partial charge in [0.1, 0.15) is 22.3 Å². The number of para-hydroxylation sites is 3. The predicted molar refractivity (Wildman–Crippen MR) is 239 cm³/mol. The van der Waals surface area contributed by atoms with Crippen LogP contribution in [0.2, 0.25) is 0 Å². The zero-order chi connectivity index (χ0) is 37.5. The maximum Gasteiger partial charge on any atom is 0.143 e. The Bertz CT molecular complexity index is 3430. The highest BCUT2D eigenvalue weighted by atomic mass is 16.3. The van der Waals surface area contributed by atoms with E-state index in [0.717, 1.165) is 83.2 Å². The molecule has 0 saturated heterocycles. The molecule has 12 aromatic rings. The molecule has 0 atom stereocenters. The Labute approximate surface area is 328 Å². The molecule has 0 amide bonds. The van der Waals surface area contributed by atoms with Gasteiger partial charge in [-0.25, -0.2) is 0 Å². The molecule has 266 valence electrons. The van der Waals surface area contributed by atoms with Crippen molar-refractivity contribution >= 4 is 93.3 Å². The van der Waals surface area contributed by atoms with Crippen LogP contribution in [0.3, 0.4) is 0 Å². The van der Waals surface area contributed by atoms with Gasteiger partial charge in [-0.1, -0.05) is 127 Å². The lowest BCUT2D eigenvalue weighted by Crippen LogP contribution is -2.09. The second-order valence-corrected chi connectivity index (χ2v) is 14.8. The van der Waals surface area contributed by atoms with Gasteiger partial charge in [0, 0.05) is 44.2 Å². The van der Waals surface area contributed by atoms with Crippen molar-refractivity contribution in [3.05, 3.63) is 200 Å². The van der Waals surface area contributed by atoms with E-state index in [9.17, 15) is 0 Å². The Balaban J connectivity index is 1.11. The van der Waals surface area contributed by atoms with E-state index in [4.69, 9.17) is 8.83 Å². The zero-order valence-corrected chi connectivity index (χ0v) is 30.8. The first-order chi connectivity index (χ1) is 28.3. The number of fused-ring (bicyclic) bond motifs is 13. The van der Waals surface area contributed by atoms with E-state index in [1.807, 2.05) is 18.2 Å². The van der Waals surface area contributed by atoms with E-state index in [1.54, 1.807) is 0 Å². The summed E-state index contributed by atoms with van der Waals surface area (Å²) >= 11 is 0. The van der Waals surface area contributed by atoms with Gasteiger partial charge in [-0.3, -0.25) is 0 Å². The fourth-order valence-corrected chi connectivity index (χ4v) is 9.05. The molecule has 0 aliphatic heterocycles. The van der Waals surface area contributed by atoms with Crippen LogP contribution in [-0.2, 0) is 0 Å². The first-order valence-corrected chi connectivity index (χ1v) is 19.4. The largest absolute Gasteiger partial charge is 0.456 e. The van der Waals surface area contributed by atoms with Crippen LogP contribution in [-0.4, -0.2) is 0 Å². The second kappa shape index (κ2) is 12.5. The van der Waals surface area contributed by atoms with E-state index in [2.05, 4.69) is 187 Å². The van der Waals surface area contributed by atoms with Gasteiger partial charge in [-0.15, -0.1) is 0 Å². The molecule has 3 heteroatoms. The number of benzene rings is 10. The van der Waals surface area contributed by atoms with Crippen molar-refractivity contribution in [2.75, 3.05) is 4.90 Å². The zero-order valence-electron chi connectivity index (χ0n) is 30.8. The lowest BCUT2D eigenvalue weighted by atomic mass is 9.90. The molecule has 2 heterocycles. The van der Waals surface area contributed by atoms with Gasteiger partial charge in [-0.2, -0.15) is 0 Å². The molecule has 0 fully saturated rings. The normalized spacial score (nSPS) is 11.9. The summed E-state index contributed by atoms with van der Waals surface area (Å²) in [5.41, 5.74) is 11.1. The minimum Gasteiger partial charge on any atom is -0.456 e. The molecule has 0 spiro atoms. The van der Waals surface area contributed by atoms with Crippen LogP contribution in [0.15, 0.2) is 209 Å². The monoisotopic (exact) mass is 727 g/mol. The highest BCUT2D eigenvalue weighted by Crippen LogP contribution is 2.46. The quantitative estimate of drug-likeness (QED) is 0.165. The summed E-state index contributed by atoms with van der Waals surface area (Å²) in [5, 5.41) is 11.8. The average molecular weight is 728 g/mol. The molecule has 0 aliphatic carbocycles. The van der Waals surface area contributed by atoms with Crippen LogP contribution in [0.4, 0.5) is 17.1 Å². The van der Waals surface area contributed by atoms with Crippen molar-refractivity contribution in [1.82, 2.24) is 0 Å². The topological polar surface area (TPSA) is 29.5 Å². The standard InChI is InChI=1S/C54H33NO2/c1-3-13-37(14-4-1)55(38-15-5-2-6-16-38)39-26-23-34(24-27-39)36-32-46(35-25-28-44-42-19-8-7-17-40(42)41-18-9-10-20-43(41)47(44)31-35)54-48(33-36)53-51(57-54)30-29-50-52(53)45-21-11-12-22-49(45)56-50/h1-33H. The molecule has 0 aliphatic rings. The number of hydrogen-bond acceptors (Lipinski definition) is 3. The third-order valence-electron chi connectivity index (χ3n) is 11.6. The molecule has 57 heavy (non-hydrogen) atoms. The number of rotatable bonds is 5. The van der Waals surface area contributed by atoms with Gasteiger partial charge >= 0.3 is 0 Å². The molecule has 0 radical (unpaired) electrons. The van der Waals surface area contributed by atoms with Crippen molar-refractivity contribution in [3.8, 4) is 22.3 Å². The minimum absolute atomic E-state index is 0.844. The summed E-state index contributed by atoms with van der Waals surface area (Å²) in [4.78, 5) is 2.30. The Morgan fingerprint density at radius 2 is 0.754 bits per heavy atom. The molecule has 3 nitrogen and oxygen atoms in total. The van der Waals surface area contributed by atoms with E-state index in [1.165, 1.54) is 32.3 Å². The smallest absolute Gasteiger partial charge is 0.143 e. The van der Waals surface area contributed by atoms with Crippen LogP contribution >= 0.6 is 0 Å². The molecule has 10 aromatic carbocycles. The van der Waals surface area contributed by atoms with E-state index in [0.29, 0.717) is 0 Å². The fraction of sp³-hybridized carbons (Fsp3) is 0. The number of anilines is 3. The van der Waals surface area contributed by atoms with Crippen molar-refractivity contribution in [2.24, 2.45) is 0 Å². The Morgan fingerprint density at radius 1 is 0.281 bits per heavy atom.